The second-order valence-electron chi connectivity index (χ2n) is 3.72. The van der Waals surface area contributed by atoms with Gasteiger partial charge in [-0.1, -0.05) is 18.2 Å². The lowest BCUT2D eigenvalue weighted by Crippen LogP contribution is -2.16. The number of carbonyl (C=O) groups is 1. The van der Waals surface area contributed by atoms with E-state index in [9.17, 15) is 14.9 Å². The van der Waals surface area contributed by atoms with Crippen molar-refractivity contribution in [2.45, 2.75) is 0 Å². The molecule has 98 valence electrons. The molecule has 19 heavy (non-hydrogen) atoms. The topological polar surface area (TPSA) is 94.4 Å². The van der Waals surface area contributed by atoms with Crippen LogP contribution in [0.5, 0.6) is 0 Å². The highest BCUT2D eigenvalue weighted by molar-refractivity contribution is 5.96. The molecular formula is C12H11N3O4. The van der Waals surface area contributed by atoms with E-state index in [1.807, 2.05) is 0 Å². The molecule has 7 heteroatoms. The zero-order valence-electron chi connectivity index (χ0n) is 10.1. The molecule has 1 heterocycles. The lowest BCUT2D eigenvalue weighted by molar-refractivity contribution is -0.384. The van der Waals surface area contributed by atoms with Gasteiger partial charge in [-0.3, -0.25) is 14.9 Å². The predicted molar refractivity (Wildman–Crippen MR) is 68.9 cm³/mol. The molecule has 1 aromatic heterocycles. The van der Waals surface area contributed by atoms with Gasteiger partial charge >= 0.3 is 11.7 Å². The van der Waals surface area contributed by atoms with Gasteiger partial charge in [-0.15, -0.1) is 0 Å². The van der Waals surface area contributed by atoms with Crippen molar-refractivity contribution in [1.82, 2.24) is 4.98 Å². The Bertz CT molecular complexity index is 642. The first-order chi connectivity index (χ1) is 9.13. The van der Waals surface area contributed by atoms with E-state index < -0.39 is 10.9 Å². The van der Waals surface area contributed by atoms with Gasteiger partial charge in [-0.2, -0.15) is 0 Å². The van der Waals surface area contributed by atoms with Crippen LogP contribution < -0.4 is 5.32 Å². The molecule has 0 radical (unpaired) electrons. The van der Waals surface area contributed by atoms with E-state index in [-0.39, 0.29) is 17.9 Å². The fourth-order valence-corrected chi connectivity index (χ4v) is 1.69. The minimum Gasteiger partial charge on any atom is -0.468 e. The summed E-state index contributed by atoms with van der Waals surface area (Å²) >= 11 is 0. The van der Waals surface area contributed by atoms with E-state index in [2.05, 4.69) is 15.0 Å². The fourth-order valence-electron chi connectivity index (χ4n) is 1.69. The molecule has 1 N–H and O–H groups in total. The summed E-state index contributed by atoms with van der Waals surface area (Å²) in [4.78, 5) is 25.6. The molecule has 0 bridgehead atoms. The molecular weight excluding hydrogens is 250 g/mol. The van der Waals surface area contributed by atoms with Crippen LogP contribution in [0.2, 0.25) is 0 Å². The van der Waals surface area contributed by atoms with Gasteiger partial charge in [0.2, 0.25) is 0 Å². The molecule has 7 nitrogen and oxygen atoms in total. The van der Waals surface area contributed by atoms with E-state index in [1.54, 1.807) is 24.3 Å². The van der Waals surface area contributed by atoms with E-state index >= 15 is 0 Å². The molecule has 0 saturated heterocycles. The first-order valence-electron chi connectivity index (χ1n) is 5.46. The van der Waals surface area contributed by atoms with Gasteiger partial charge in [-0.05, 0) is 6.07 Å². The maximum atomic E-state index is 11.1. The number of anilines is 1. The number of nitro groups is 1. The Kier molecular flexibility index (Phi) is 3.56. The van der Waals surface area contributed by atoms with Gasteiger partial charge in [0.15, 0.2) is 0 Å². The minimum absolute atomic E-state index is 0.147. The molecule has 0 spiro atoms. The van der Waals surface area contributed by atoms with E-state index in [4.69, 9.17) is 0 Å². The Labute approximate surface area is 108 Å². The summed E-state index contributed by atoms with van der Waals surface area (Å²) in [5, 5.41) is 14.3. The Morgan fingerprint density at radius 3 is 2.89 bits per heavy atom. The second kappa shape index (κ2) is 5.30. The maximum Gasteiger partial charge on any atom is 0.325 e. The number of methoxy groups -OCH3 is 1. The summed E-state index contributed by atoms with van der Waals surface area (Å²) in [6, 6.07) is 6.97. The highest BCUT2D eigenvalue weighted by atomic mass is 16.6. The van der Waals surface area contributed by atoms with Crippen molar-refractivity contribution in [3.8, 4) is 0 Å². The van der Waals surface area contributed by atoms with Crippen LogP contribution >= 0.6 is 0 Å². The van der Waals surface area contributed by atoms with Crippen molar-refractivity contribution < 1.29 is 14.5 Å². The summed E-state index contributed by atoms with van der Waals surface area (Å²) in [6.07, 6.45) is 1.17. The van der Waals surface area contributed by atoms with Crippen molar-refractivity contribution in [2.75, 3.05) is 19.0 Å². The van der Waals surface area contributed by atoms with E-state index in [1.165, 1.54) is 13.3 Å². The SMILES string of the molecule is COC(=O)CNc1c([N+](=O)[O-])cnc2ccccc12. The number of fused-ring (bicyclic) bond motifs is 1. The average Bonchev–Trinajstić information content (AvgIpc) is 2.43. The van der Waals surface area contributed by atoms with Crippen LogP contribution in [0.1, 0.15) is 0 Å². The third-order valence-corrected chi connectivity index (χ3v) is 2.59. The predicted octanol–water partition coefficient (Wildman–Crippen LogP) is 1.73. The van der Waals surface area contributed by atoms with Gasteiger partial charge in [0.1, 0.15) is 18.4 Å². The molecule has 0 atom stereocenters. The highest BCUT2D eigenvalue weighted by Crippen LogP contribution is 2.31. The van der Waals surface area contributed by atoms with Crippen molar-refractivity contribution >= 4 is 28.2 Å². The first kappa shape index (κ1) is 12.7. The number of hydrogen-bond donors (Lipinski definition) is 1. The third kappa shape index (κ3) is 2.59. The van der Waals surface area contributed by atoms with Crippen molar-refractivity contribution in [3.05, 3.63) is 40.6 Å². The zero-order valence-corrected chi connectivity index (χ0v) is 10.1. The number of benzene rings is 1. The smallest absolute Gasteiger partial charge is 0.325 e. The average molecular weight is 261 g/mol. The molecule has 2 aromatic rings. The van der Waals surface area contributed by atoms with Crippen LogP contribution in [-0.4, -0.2) is 29.5 Å². The molecule has 0 amide bonds. The highest BCUT2D eigenvalue weighted by Gasteiger charge is 2.18. The molecule has 0 aliphatic rings. The Morgan fingerprint density at radius 1 is 1.47 bits per heavy atom. The van der Waals surface area contributed by atoms with Gasteiger partial charge in [-0.25, -0.2) is 4.98 Å². The third-order valence-electron chi connectivity index (χ3n) is 2.59. The molecule has 0 aliphatic heterocycles. The van der Waals surface area contributed by atoms with Crippen LogP contribution in [0.3, 0.4) is 0 Å². The molecule has 0 aliphatic carbocycles. The number of nitrogens with zero attached hydrogens (tertiary/aromatic N) is 2. The van der Waals surface area contributed by atoms with Gasteiger partial charge in [0.25, 0.3) is 0 Å². The first-order valence-corrected chi connectivity index (χ1v) is 5.46. The molecule has 2 rings (SSSR count). The lowest BCUT2D eigenvalue weighted by atomic mass is 10.1. The van der Waals surface area contributed by atoms with Gasteiger partial charge in [0, 0.05) is 5.39 Å². The van der Waals surface area contributed by atoms with E-state index in [0.717, 1.165) is 0 Å². The number of aromatic nitrogens is 1. The summed E-state index contributed by atoms with van der Waals surface area (Å²) < 4.78 is 4.50. The molecule has 0 fully saturated rings. The number of rotatable bonds is 4. The Morgan fingerprint density at radius 2 is 2.21 bits per heavy atom. The summed E-state index contributed by atoms with van der Waals surface area (Å²) in [5.74, 6) is -0.504. The standard InChI is InChI=1S/C12H11N3O4/c1-19-11(16)7-14-12-8-4-2-3-5-9(8)13-6-10(12)15(17)18/h2-6H,7H2,1H3,(H,13,14). The van der Waals surface area contributed by atoms with Crippen LogP contribution in [0.4, 0.5) is 11.4 Å². The summed E-state index contributed by atoms with van der Waals surface area (Å²) in [7, 11) is 1.25. The van der Waals surface area contributed by atoms with Crippen LogP contribution in [0.15, 0.2) is 30.5 Å². The largest absolute Gasteiger partial charge is 0.468 e. The molecule has 0 saturated carbocycles. The number of para-hydroxylation sites is 1. The van der Waals surface area contributed by atoms with Crippen LogP contribution in [0.25, 0.3) is 10.9 Å². The summed E-state index contributed by atoms with van der Waals surface area (Å²) in [6.45, 7) is -0.147. The van der Waals surface area contributed by atoms with E-state index in [0.29, 0.717) is 10.9 Å². The monoisotopic (exact) mass is 261 g/mol. The second-order valence-corrected chi connectivity index (χ2v) is 3.72. The summed E-state index contributed by atoms with van der Waals surface area (Å²) in [5.41, 5.74) is 0.698. The zero-order chi connectivity index (χ0) is 13.8. The number of carbonyl (C=O) groups excluding carboxylic acids is 1. The molecule has 0 unspecified atom stereocenters. The van der Waals surface area contributed by atoms with Gasteiger partial charge in [0.05, 0.1) is 17.5 Å². The number of ether oxygens (including phenoxy) is 1. The molecule has 1 aromatic carbocycles. The number of pyridine rings is 1. The van der Waals surface area contributed by atoms with Crippen molar-refractivity contribution in [3.63, 3.8) is 0 Å². The van der Waals surface area contributed by atoms with Crippen LogP contribution in [-0.2, 0) is 9.53 Å². The number of nitrogens with one attached hydrogen (secondary N) is 1. The van der Waals surface area contributed by atoms with Crippen molar-refractivity contribution in [2.24, 2.45) is 0 Å². The maximum absolute atomic E-state index is 11.1. The van der Waals surface area contributed by atoms with Gasteiger partial charge < -0.3 is 10.1 Å². The van der Waals surface area contributed by atoms with Crippen molar-refractivity contribution in [1.29, 1.82) is 0 Å². The lowest BCUT2D eigenvalue weighted by Gasteiger charge is -2.08. The number of esters is 1. The number of hydrogen-bond acceptors (Lipinski definition) is 6. The Balaban J connectivity index is 2.49. The normalized spacial score (nSPS) is 10.2. The minimum atomic E-state index is -0.543. The van der Waals surface area contributed by atoms with Crippen LogP contribution in [0, 0.1) is 10.1 Å². The fraction of sp³-hybridized carbons (Fsp3) is 0.167. The quantitative estimate of drug-likeness (QED) is 0.511. The Hall–Kier alpha value is -2.70.